The summed E-state index contributed by atoms with van der Waals surface area (Å²) in [6.07, 6.45) is 0. The highest BCUT2D eigenvalue weighted by atomic mass is 16.5. The molecule has 1 amide bonds. The molecule has 3 aromatic rings. The molecule has 2 aromatic carbocycles. The summed E-state index contributed by atoms with van der Waals surface area (Å²) in [4.78, 5) is 16.1. The standard InChI is InChI=1S/C18H17N3O4/c1-19-18(22)14-5-3-4-6-15(14)24-11-16-20-17(21-25-16)12-7-9-13(23-2)10-8-12/h3-10H,11H2,1-2H3,(H,19,22). The highest BCUT2D eigenvalue weighted by Gasteiger charge is 2.13. The third kappa shape index (κ3) is 3.77. The van der Waals surface area contributed by atoms with Crippen LogP contribution in [0.2, 0.25) is 0 Å². The average molecular weight is 339 g/mol. The lowest BCUT2D eigenvalue weighted by atomic mass is 10.2. The molecule has 0 saturated carbocycles. The molecular weight excluding hydrogens is 322 g/mol. The van der Waals surface area contributed by atoms with Crippen molar-refractivity contribution in [2.24, 2.45) is 0 Å². The number of methoxy groups -OCH3 is 1. The zero-order valence-electron chi connectivity index (χ0n) is 13.9. The highest BCUT2D eigenvalue weighted by molar-refractivity contribution is 5.96. The lowest BCUT2D eigenvalue weighted by molar-refractivity contribution is 0.0957. The van der Waals surface area contributed by atoms with Gasteiger partial charge in [0.05, 0.1) is 12.7 Å². The fraction of sp³-hybridized carbons (Fsp3) is 0.167. The zero-order valence-corrected chi connectivity index (χ0v) is 13.9. The van der Waals surface area contributed by atoms with E-state index in [0.29, 0.717) is 23.0 Å². The number of rotatable bonds is 6. The van der Waals surface area contributed by atoms with Crippen molar-refractivity contribution in [2.75, 3.05) is 14.2 Å². The Morgan fingerprint density at radius 3 is 2.64 bits per heavy atom. The number of benzene rings is 2. The van der Waals surface area contributed by atoms with Gasteiger partial charge >= 0.3 is 0 Å². The zero-order chi connectivity index (χ0) is 17.6. The van der Waals surface area contributed by atoms with E-state index in [1.54, 1.807) is 38.4 Å². The van der Waals surface area contributed by atoms with Gasteiger partial charge in [-0.15, -0.1) is 0 Å². The molecule has 0 aliphatic heterocycles. The summed E-state index contributed by atoms with van der Waals surface area (Å²) >= 11 is 0. The molecule has 3 rings (SSSR count). The molecule has 7 heteroatoms. The Kier molecular flexibility index (Phi) is 4.94. The van der Waals surface area contributed by atoms with Gasteiger partial charge in [-0.05, 0) is 36.4 Å². The van der Waals surface area contributed by atoms with E-state index in [2.05, 4.69) is 15.5 Å². The molecule has 0 saturated heterocycles. The molecular formula is C18H17N3O4. The first-order chi connectivity index (χ1) is 12.2. The van der Waals surface area contributed by atoms with Gasteiger partial charge < -0.3 is 19.3 Å². The van der Waals surface area contributed by atoms with Gasteiger partial charge in [0.15, 0.2) is 6.61 Å². The van der Waals surface area contributed by atoms with Crippen LogP contribution < -0.4 is 14.8 Å². The molecule has 0 radical (unpaired) electrons. The first kappa shape index (κ1) is 16.5. The molecule has 7 nitrogen and oxygen atoms in total. The van der Waals surface area contributed by atoms with Gasteiger partial charge in [-0.25, -0.2) is 0 Å². The number of ether oxygens (including phenoxy) is 2. The molecule has 0 atom stereocenters. The van der Waals surface area contributed by atoms with Gasteiger partial charge in [-0.3, -0.25) is 4.79 Å². The largest absolute Gasteiger partial charge is 0.497 e. The fourth-order valence-electron chi connectivity index (χ4n) is 2.23. The van der Waals surface area contributed by atoms with Crippen LogP contribution in [0.3, 0.4) is 0 Å². The van der Waals surface area contributed by atoms with Crippen LogP contribution in [0.1, 0.15) is 16.2 Å². The first-order valence-electron chi connectivity index (χ1n) is 7.62. The summed E-state index contributed by atoms with van der Waals surface area (Å²) in [5.41, 5.74) is 1.25. The van der Waals surface area contributed by atoms with Crippen LogP contribution in [0.15, 0.2) is 53.1 Å². The van der Waals surface area contributed by atoms with Crippen molar-refractivity contribution in [3.8, 4) is 22.9 Å². The van der Waals surface area contributed by atoms with Crippen LogP contribution in [-0.4, -0.2) is 30.2 Å². The molecule has 128 valence electrons. The highest BCUT2D eigenvalue weighted by Crippen LogP contribution is 2.21. The van der Waals surface area contributed by atoms with E-state index in [-0.39, 0.29) is 12.5 Å². The minimum atomic E-state index is -0.222. The first-order valence-corrected chi connectivity index (χ1v) is 7.62. The van der Waals surface area contributed by atoms with Crippen molar-refractivity contribution >= 4 is 5.91 Å². The number of carbonyl (C=O) groups is 1. The maximum absolute atomic E-state index is 11.8. The number of hydrogen-bond donors (Lipinski definition) is 1. The molecule has 0 fully saturated rings. The Bertz CT molecular complexity index is 859. The van der Waals surface area contributed by atoms with Gasteiger partial charge in [0.2, 0.25) is 5.82 Å². The quantitative estimate of drug-likeness (QED) is 0.743. The van der Waals surface area contributed by atoms with E-state index in [0.717, 1.165) is 11.3 Å². The predicted octanol–water partition coefficient (Wildman–Crippen LogP) is 2.68. The maximum atomic E-state index is 11.8. The molecule has 0 unspecified atom stereocenters. The molecule has 1 heterocycles. The summed E-state index contributed by atoms with van der Waals surface area (Å²) in [5.74, 6) is 1.76. The Balaban J connectivity index is 1.71. The van der Waals surface area contributed by atoms with Gasteiger partial charge in [0, 0.05) is 12.6 Å². The second-order valence-corrected chi connectivity index (χ2v) is 5.10. The second-order valence-electron chi connectivity index (χ2n) is 5.10. The van der Waals surface area contributed by atoms with Crippen molar-refractivity contribution in [3.63, 3.8) is 0 Å². The summed E-state index contributed by atoms with van der Waals surface area (Å²) in [5, 5.41) is 6.52. The normalized spacial score (nSPS) is 10.3. The molecule has 25 heavy (non-hydrogen) atoms. The summed E-state index contributed by atoms with van der Waals surface area (Å²) in [6, 6.07) is 14.3. The fourth-order valence-corrected chi connectivity index (χ4v) is 2.23. The van der Waals surface area contributed by atoms with E-state index >= 15 is 0 Å². The van der Waals surface area contributed by atoms with Gasteiger partial charge in [0.25, 0.3) is 11.8 Å². The smallest absolute Gasteiger partial charge is 0.264 e. The molecule has 1 aromatic heterocycles. The second kappa shape index (κ2) is 7.48. The number of hydrogen-bond acceptors (Lipinski definition) is 6. The maximum Gasteiger partial charge on any atom is 0.264 e. The van der Waals surface area contributed by atoms with E-state index < -0.39 is 0 Å². The Hall–Kier alpha value is -3.35. The number of nitrogens with zero attached hydrogens (tertiary/aromatic N) is 2. The number of nitrogens with one attached hydrogen (secondary N) is 1. The average Bonchev–Trinajstić information content (AvgIpc) is 3.15. The van der Waals surface area contributed by atoms with Crippen LogP contribution >= 0.6 is 0 Å². The number of aromatic nitrogens is 2. The van der Waals surface area contributed by atoms with Gasteiger partial charge in [-0.2, -0.15) is 4.98 Å². The molecule has 0 spiro atoms. The van der Waals surface area contributed by atoms with E-state index in [4.69, 9.17) is 14.0 Å². The summed E-state index contributed by atoms with van der Waals surface area (Å²) in [6.45, 7) is 0.0666. The molecule has 0 aliphatic rings. The van der Waals surface area contributed by atoms with Crippen LogP contribution in [0.4, 0.5) is 0 Å². The lowest BCUT2D eigenvalue weighted by Crippen LogP contribution is -2.18. The van der Waals surface area contributed by atoms with Crippen molar-refractivity contribution < 1.29 is 18.8 Å². The number of amides is 1. The minimum Gasteiger partial charge on any atom is -0.497 e. The van der Waals surface area contributed by atoms with E-state index in [1.165, 1.54) is 0 Å². The SMILES string of the molecule is CNC(=O)c1ccccc1OCc1nc(-c2ccc(OC)cc2)no1. The van der Waals surface area contributed by atoms with Gasteiger partial charge in [0.1, 0.15) is 11.5 Å². The Morgan fingerprint density at radius 1 is 1.16 bits per heavy atom. The summed E-state index contributed by atoms with van der Waals surface area (Å²) in [7, 11) is 3.17. The third-order valence-corrected chi connectivity index (χ3v) is 3.53. The van der Waals surface area contributed by atoms with E-state index in [9.17, 15) is 4.79 Å². The van der Waals surface area contributed by atoms with Crippen molar-refractivity contribution in [2.45, 2.75) is 6.61 Å². The molecule has 1 N–H and O–H groups in total. The van der Waals surface area contributed by atoms with Gasteiger partial charge in [-0.1, -0.05) is 17.3 Å². The van der Waals surface area contributed by atoms with Crippen LogP contribution in [-0.2, 0) is 6.61 Å². The Labute approximate surface area is 144 Å². The number of para-hydroxylation sites is 1. The topological polar surface area (TPSA) is 86.5 Å². The third-order valence-electron chi connectivity index (χ3n) is 3.53. The predicted molar refractivity (Wildman–Crippen MR) is 90.5 cm³/mol. The van der Waals surface area contributed by atoms with Crippen LogP contribution in [0, 0.1) is 0 Å². The molecule has 0 aliphatic carbocycles. The summed E-state index contributed by atoms with van der Waals surface area (Å²) < 4.78 is 16.0. The minimum absolute atomic E-state index is 0.0666. The Morgan fingerprint density at radius 2 is 1.92 bits per heavy atom. The van der Waals surface area contributed by atoms with E-state index in [1.807, 2.05) is 24.3 Å². The van der Waals surface area contributed by atoms with Crippen molar-refractivity contribution in [3.05, 3.63) is 60.0 Å². The van der Waals surface area contributed by atoms with Crippen LogP contribution in [0.5, 0.6) is 11.5 Å². The van der Waals surface area contributed by atoms with Crippen molar-refractivity contribution in [1.29, 1.82) is 0 Å². The molecule has 0 bridgehead atoms. The van der Waals surface area contributed by atoms with Crippen LogP contribution in [0.25, 0.3) is 11.4 Å². The number of carbonyl (C=O) groups excluding carboxylic acids is 1. The lowest BCUT2D eigenvalue weighted by Gasteiger charge is -2.08. The monoisotopic (exact) mass is 339 g/mol. The van der Waals surface area contributed by atoms with Crippen molar-refractivity contribution in [1.82, 2.24) is 15.5 Å².